The van der Waals surface area contributed by atoms with E-state index < -0.39 is 17.7 Å². The van der Waals surface area contributed by atoms with Crippen molar-refractivity contribution in [1.29, 1.82) is 0 Å². The third kappa shape index (κ3) is 4.80. The van der Waals surface area contributed by atoms with Crippen LogP contribution in [-0.2, 0) is 20.5 Å². The quantitative estimate of drug-likeness (QED) is 0.816. The van der Waals surface area contributed by atoms with Gasteiger partial charge in [-0.2, -0.15) is 13.2 Å². The van der Waals surface area contributed by atoms with Gasteiger partial charge in [-0.15, -0.1) is 0 Å². The van der Waals surface area contributed by atoms with Crippen LogP contribution in [0.5, 0.6) is 0 Å². The molecule has 1 heterocycles. The molecule has 1 aromatic carbocycles. The maximum absolute atomic E-state index is 12.9. The highest BCUT2D eigenvalue weighted by Crippen LogP contribution is 2.49. The minimum absolute atomic E-state index is 0.0422. The zero-order chi connectivity index (χ0) is 19.6. The van der Waals surface area contributed by atoms with Gasteiger partial charge < -0.3 is 14.7 Å². The summed E-state index contributed by atoms with van der Waals surface area (Å²) in [5.41, 5.74) is 0.00609. The second kappa shape index (κ2) is 7.88. The number of alkyl halides is 3. The van der Waals surface area contributed by atoms with Crippen molar-refractivity contribution in [1.82, 2.24) is 4.90 Å². The summed E-state index contributed by atoms with van der Waals surface area (Å²) in [4.78, 5) is 25.5. The lowest BCUT2D eigenvalue weighted by molar-refractivity contribution is -0.141. The van der Waals surface area contributed by atoms with Gasteiger partial charge in [-0.3, -0.25) is 9.59 Å². The van der Waals surface area contributed by atoms with Gasteiger partial charge in [0, 0.05) is 31.7 Å². The number of carbonyl (C=O) groups is 2. The molecule has 1 aromatic rings. The molecule has 3 rings (SSSR count). The Morgan fingerprint density at radius 1 is 1.15 bits per heavy atom. The van der Waals surface area contributed by atoms with Crippen molar-refractivity contribution in [3.05, 3.63) is 35.4 Å². The Labute approximate surface area is 155 Å². The molecule has 1 aliphatic carbocycles. The number of halogens is 3. The van der Waals surface area contributed by atoms with Crippen LogP contribution in [-0.4, -0.2) is 47.7 Å². The van der Waals surface area contributed by atoms with Crippen molar-refractivity contribution in [2.24, 2.45) is 5.92 Å². The number of aliphatic carboxylic acids is 1. The number of nitrogens with zero attached hydrogens (tertiary/aromatic N) is 1. The maximum atomic E-state index is 12.9. The van der Waals surface area contributed by atoms with E-state index in [1.165, 1.54) is 12.1 Å². The number of carbonyl (C=O) groups excluding carboxylic acids is 1. The maximum Gasteiger partial charge on any atom is 0.416 e. The Kier molecular flexibility index (Phi) is 5.74. The Bertz CT molecular complexity index is 683. The molecule has 1 N–H and O–H groups in total. The van der Waals surface area contributed by atoms with Crippen LogP contribution in [0.1, 0.15) is 42.7 Å². The fourth-order valence-corrected chi connectivity index (χ4v) is 3.65. The van der Waals surface area contributed by atoms with Crippen LogP contribution in [0.3, 0.4) is 0 Å². The molecule has 0 aromatic heterocycles. The first-order valence-corrected chi connectivity index (χ1v) is 9.04. The lowest BCUT2D eigenvalue weighted by Gasteiger charge is -2.34. The minimum Gasteiger partial charge on any atom is -0.481 e. The number of amides is 1. The Morgan fingerprint density at radius 3 is 2.33 bits per heavy atom. The molecule has 0 bridgehead atoms. The first-order valence-electron chi connectivity index (χ1n) is 9.04. The van der Waals surface area contributed by atoms with E-state index in [1.807, 2.05) is 0 Å². The lowest BCUT2D eigenvalue weighted by Crippen LogP contribution is -2.45. The molecule has 1 saturated heterocycles. The zero-order valence-electron chi connectivity index (χ0n) is 14.7. The van der Waals surface area contributed by atoms with E-state index in [0.717, 1.165) is 12.1 Å². The van der Waals surface area contributed by atoms with Gasteiger partial charge in [0.15, 0.2) is 0 Å². The van der Waals surface area contributed by atoms with Crippen molar-refractivity contribution < 1.29 is 32.6 Å². The molecule has 1 aliphatic heterocycles. The average Bonchev–Trinajstić information content (AvgIpc) is 3.42. The molecule has 0 spiro atoms. The Morgan fingerprint density at radius 2 is 1.78 bits per heavy atom. The molecule has 2 aliphatic rings. The summed E-state index contributed by atoms with van der Waals surface area (Å²) in [7, 11) is 0. The summed E-state index contributed by atoms with van der Waals surface area (Å²) in [6, 6.07) is 4.89. The van der Waals surface area contributed by atoms with Crippen LogP contribution in [0, 0.1) is 5.92 Å². The van der Waals surface area contributed by atoms with Crippen molar-refractivity contribution in [2.45, 2.75) is 43.8 Å². The molecular formula is C19H22F3NO4. The second-order valence-electron chi connectivity index (χ2n) is 7.09. The van der Waals surface area contributed by atoms with Crippen molar-refractivity contribution in [2.75, 3.05) is 19.8 Å². The van der Waals surface area contributed by atoms with Gasteiger partial charge in [-0.25, -0.2) is 0 Å². The third-order valence-corrected chi connectivity index (χ3v) is 5.26. The van der Waals surface area contributed by atoms with E-state index in [4.69, 9.17) is 9.84 Å². The van der Waals surface area contributed by atoms with Crippen LogP contribution >= 0.6 is 0 Å². The summed E-state index contributed by atoms with van der Waals surface area (Å²) in [5.74, 6) is -1.46. The number of rotatable bonds is 6. The number of hydrogen-bond acceptors (Lipinski definition) is 3. The van der Waals surface area contributed by atoms with Crippen LogP contribution in [0.15, 0.2) is 24.3 Å². The molecule has 1 amide bonds. The molecule has 0 unspecified atom stereocenters. The van der Waals surface area contributed by atoms with E-state index in [1.54, 1.807) is 4.90 Å². The summed E-state index contributed by atoms with van der Waals surface area (Å²) < 4.78 is 43.4. The van der Waals surface area contributed by atoms with Crippen molar-refractivity contribution in [3.63, 3.8) is 0 Å². The first kappa shape index (κ1) is 19.7. The largest absolute Gasteiger partial charge is 0.481 e. The number of carboxylic acid groups (broad SMARTS) is 1. The van der Waals surface area contributed by atoms with Gasteiger partial charge in [0.25, 0.3) is 0 Å². The highest BCUT2D eigenvalue weighted by atomic mass is 19.4. The van der Waals surface area contributed by atoms with Gasteiger partial charge in [0.2, 0.25) is 5.91 Å². The molecule has 148 valence electrons. The van der Waals surface area contributed by atoms with E-state index >= 15 is 0 Å². The van der Waals surface area contributed by atoms with Gasteiger partial charge in [0.05, 0.1) is 12.0 Å². The topological polar surface area (TPSA) is 66.8 Å². The monoisotopic (exact) mass is 385 g/mol. The van der Waals surface area contributed by atoms with E-state index in [0.29, 0.717) is 38.0 Å². The van der Waals surface area contributed by atoms with E-state index in [-0.39, 0.29) is 36.8 Å². The predicted octanol–water partition coefficient (Wildman–Crippen LogP) is 3.29. The number of benzene rings is 1. The minimum atomic E-state index is -4.38. The van der Waals surface area contributed by atoms with Crippen LogP contribution in [0.4, 0.5) is 13.2 Å². The molecule has 8 heteroatoms. The summed E-state index contributed by atoms with van der Waals surface area (Å²) in [6.45, 7) is 1.22. The molecule has 27 heavy (non-hydrogen) atoms. The number of hydrogen-bond donors (Lipinski definition) is 1. The van der Waals surface area contributed by atoms with Crippen LogP contribution < -0.4 is 0 Å². The van der Waals surface area contributed by atoms with E-state index in [2.05, 4.69) is 0 Å². The Hall–Kier alpha value is -2.09. The SMILES string of the molecule is O=C(O)CCN(C(=O)[C@H]1C[C@H]1c1ccc(C(F)(F)F)cc1)C1CCOCC1. The van der Waals surface area contributed by atoms with Gasteiger partial charge in [0.1, 0.15) is 0 Å². The predicted molar refractivity (Wildman–Crippen MR) is 90.1 cm³/mol. The zero-order valence-corrected chi connectivity index (χ0v) is 14.7. The second-order valence-corrected chi connectivity index (χ2v) is 7.09. The molecule has 5 nitrogen and oxygen atoms in total. The smallest absolute Gasteiger partial charge is 0.416 e. The molecular weight excluding hydrogens is 363 g/mol. The van der Waals surface area contributed by atoms with Gasteiger partial charge in [-0.05, 0) is 42.9 Å². The van der Waals surface area contributed by atoms with Crippen LogP contribution in [0.2, 0.25) is 0 Å². The highest BCUT2D eigenvalue weighted by molar-refractivity contribution is 5.83. The molecule has 0 radical (unpaired) electrons. The molecule has 2 fully saturated rings. The lowest BCUT2D eigenvalue weighted by atomic mass is 10.0. The number of carboxylic acids is 1. The summed E-state index contributed by atoms with van der Waals surface area (Å²) >= 11 is 0. The first-order chi connectivity index (χ1) is 12.8. The third-order valence-electron chi connectivity index (χ3n) is 5.26. The van der Waals surface area contributed by atoms with Crippen molar-refractivity contribution in [3.8, 4) is 0 Å². The average molecular weight is 385 g/mol. The molecule has 2 atom stereocenters. The standard InChI is InChI=1S/C19H22F3NO4/c20-19(21,22)13-3-1-12(2-4-13)15-11-16(15)18(26)23(8-5-17(24)25)14-6-9-27-10-7-14/h1-4,14-16H,5-11H2,(H,24,25)/t15-,16-/m0/s1. The molecule has 1 saturated carbocycles. The normalized spacial score (nSPS) is 23.1. The Balaban J connectivity index is 1.67. The fourth-order valence-electron chi connectivity index (χ4n) is 3.65. The summed E-state index contributed by atoms with van der Waals surface area (Å²) in [5, 5.41) is 8.96. The van der Waals surface area contributed by atoms with Crippen molar-refractivity contribution >= 4 is 11.9 Å². The number of ether oxygens (including phenoxy) is 1. The van der Waals surface area contributed by atoms with Crippen LogP contribution in [0.25, 0.3) is 0 Å². The summed E-state index contributed by atoms with van der Waals surface area (Å²) in [6.07, 6.45) is -2.59. The highest BCUT2D eigenvalue weighted by Gasteiger charge is 2.47. The fraction of sp³-hybridized carbons (Fsp3) is 0.579. The van der Waals surface area contributed by atoms with Gasteiger partial charge >= 0.3 is 12.1 Å². The van der Waals surface area contributed by atoms with Gasteiger partial charge in [-0.1, -0.05) is 12.1 Å². The van der Waals surface area contributed by atoms with E-state index in [9.17, 15) is 22.8 Å².